The van der Waals surface area contributed by atoms with Crippen LogP contribution in [-0.2, 0) is 23.9 Å². The molecule has 0 aliphatic carbocycles. The number of aromatic nitrogens is 6. The predicted molar refractivity (Wildman–Crippen MR) is 128 cm³/mol. The first-order valence-electron chi connectivity index (χ1n) is 10.9. The second-order valence-electron chi connectivity index (χ2n) is 9.38. The van der Waals surface area contributed by atoms with Gasteiger partial charge in [-0.05, 0) is 11.6 Å². The van der Waals surface area contributed by atoms with E-state index in [0.29, 0.717) is 23.5 Å². The molecule has 0 spiro atoms. The molecule has 10 heteroatoms. The highest BCUT2D eigenvalue weighted by molar-refractivity contribution is 5.80. The number of aliphatic hydroxyl groups is 1. The molecule has 1 aromatic carbocycles. The van der Waals surface area contributed by atoms with Crippen LogP contribution in [0, 0.1) is 5.41 Å². The molecule has 0 saturated heterocycles. The molecule has 180 valence electrons. The maximum Gasteiger partial charge on any atom is 0.341 e. The molecule has 0 aliphatic rings. The van der Waals surface area contributed by atoms with Crippen molar-refractivity contribution in [1.29, 1.82) is 0 Å². The van der Waals surface area contributed by atoms with Crippen LogP contribution in [-0.4, -0.2) is 45.7 Å². The van der Waals surface area contributed by atoms with Crippen molar-refractivity contribution in [2.45, 2.75) is 32.8 Å². The van der Waals surface area contributed by atoms with E-state index >= 15 is 0 Å². The van der Waals surface area contributed by atoms with Crippen molar-refractivity contribution >= 4 is 5.97 Å². The van der Waals surface area contributed by atoms with Crippen molar-refractivity contribution in [3.8, 4) is 17.1 Å². The number of hydrogen-bond acceptors (Lipinski definition) is 7. The first-order chi connectivity index (χ1) is 16.5. The fourth-order valence-electron chi connectivity index (χ4n) is 3.80. The van der Waals surface area contributed by atoms with Gasteiger partial charge in [-0.3, -0.25) is 9.48 Å². The van der Waals surface area contributed by atoms with Crippen LogP contribution in [0.25, 0.3) is 17.1 Å². The molecule has 4 aromatic rings. The van der Waals surface area contributed by atoms with Gasteiger partial charge in [0.25, 0.3) is 0 Å². The number of aryl methyl sites for hydroxylation is 1. The number of carbonyl (C=O) groups is 1. The summed E-state index contributed by atoms with van der Waals surface area (Å²) >= 11 is 0. The summed E-state index contributed by atoms with van der Waals surface area (Å²) in [6.45, 7) is 4.91. The minimum atomic E-state index is -2.14. The van der Waals surface area contributed by atoms with E-state index in [1.807, 2.05) is 24.3 Å². The van der Waals surface area contributed by atoms with Crippen molar-refractivity contribution in [3.63, 3.8) is 0 Å². The lowest BCUT2D eigenvalue weighted by molar-refractivity contribution is -0.173. The Balaban J connectivity index is 1.62. The number of rotatable bonds is 6. The zero-order valence-corrected chi connectivity index (χ0v) is 19.9. The minimum Gasteiger partial charge on any atom is -0.479 e. The second kappa shape index (κ2) is 8.88. The van der Waals surface area contributed by atoms with Gasteiger partial charge < -0.3 is 10.2 Å². The lowest BCUT2D eigenvalue weighted by Gasteiger charge is -2.36. The highest BCUT2D eigenvalue weighted by Crippen LogP contribution is 2.39. The molecule has 2 N–H and O–H groups in total. The van der Waals surface area contributed by atoms with Gasteiger partial charge in [-0.15, -0.1) is 0 Å². The highest BCUT2D eigenvalue weighted by atomic mass is 16.4. The third-order valence-corrected chi connectivity index (χ3v) is 5.86. The molecule has 0 radical (unpaired) electrons. The van der Waals surface area contributed by atoms with Crippen LogP contribution in [0.3, 0.4) is 0 Å². The molecular formula is C25H26N6O4. The molecule has 0 aliphatic heterocycles. The number of carboxylic acids is 1. The van der Waals surface area contributed by atoms with Gasteiger partial charge in [-0.1, -0.05) is 39.0 Å². The van der Waals surface area contributed by atoms with Crippen LogP contribution in [0.2, 0.25) is 0 Å². The van der Waals surface area contributed by atoms with E-state index in [9.17, 15) is 19.8 Å². The van der Waals surface area contributed by atoms with E-state index < -0.39 is 17.0 Å². The largest absolute Gasteiger partial charge is 0.479 e. The molecule has 4 rings (SSSR count). The monoisotopic (exact) mass is 474 g/mol. The van der Waals surface area contributed by atoms with Gasteiger partial charge in [0.1, 0.15) is 11.4 Å². The van der Waals surface area contributed by atoms with Gasteiger partial charge in [0.2, 0.25) is 5.43 Å². The number of aliphatic carboxylic acids is 1. The molecule has 3 heterocycles. The average molecular weight is 475 g/mol. The van der Waals surface area contributed by atoms with E-state index in [1.54, 1.807) is 55.8 Å². The van der Waals surface area contributed by atoms with Crippen molar-refractivity contribution < 1.29 is 15.0 Å². The maximum absolute atomic E-state index is 12.4. The summed E-state index contributed by atoms with van der Waals surface area (Å²) < 4.78 is 3.26. The smallest absolute Gasteiger partial charge is 0.341 e. The molecular weight excluding hydrogens is 448 g/mol. The third kappa shape index (κ3) is 4.60. The Hall–Kier alpha value is -4.18. The summed E-state index contributed by atoms with van der Waals surface area (Å²) in [7, 11) is 1.80. The van der Waals surface area contributed by atoms with Crippen LogP contribution in [0.5, 0.6) is 0 Å². The Kier molecular flexibility index (Phi) is 6.08. The SMILES string of the molecule is Cn1cc(-n2ccc(=O)c(Cc3cccc(-c4ncc(C(O)(C(=O)O)C(C)(C)C)cn4)c3)n2)cn1. The normalized spacial score (nSPS) is 13.4. The van der Waals surface area contributed by atoms with E-state index in [-0.39, 0.29) is 11.0 Å². The number of nitrogens with zero attached hydrogens (tertiary/aromatic N) is 6. The van der Waals surface area contributed by atoms with Gasteiger partial charge in [0.15, 0.2) is 11.4 Å². The Morgan fingerprint density at radius 3 is 2.40 bits per heavy atom. The Bertz CT molecular complexity index is 1440. The van der Waals surface area contributed by atoms with E-state index in [1.165, 1.54) is 18.5 Å². The minimum absolute atomic E-state index is 0.0989. The van der Waals surface area contributed by atoms with Crippen LogP contribution in [0.15, 0.2) is 66.1 Å². The maximum atomic E-state index is 12.4. The van der Waals surface area contributed by atoms with E-state index in [4.69, 9.17) is 0 Å². The van der Waals surface area contributed by atoms with Crippen LogP contribution in [0.1, 0.15) is 37.6 Å². The lowest BCUT2D eigenvalue weighted by Crippen LogP contribution is -2.47. The fourth-order valence-corrected chi connectivity index (χ4v) is 3.80. The summed E-state index contributed by atoms with van der Waals surface area (Å²) in [5, 5.41) is 29.1. The third-order valence-electron chi connectivity index (χ3n) is 5.86. The van der Waals surface area contributed by atoms with E-state index in [0.717, 1.165) is 11.3 Å². The van der Waals surface area contributed by atoms with Crippen molar-refractivity contribution in [2.24, 2.45) is 12.5 Å². The standard InChI is InChI=1S/C25H26N6O4/c1-24(2,3)25(35,23(33)34)18-12-26-22(27-13-18)17-7-5-6-16(10-17)11-20-21(32)8-9-31(29-20)19-14-28-30(4)15-19/h5-10,12-15,35H,11H2,1-4H3,(H,33,34). The second-order valence-corrected chi connectivity index (χ2v) is 9.38. The molecule has 0 fully saturated rings. The zero-order valence-electron chi connectivity index (χ0n) is 19.9. The van der Waals surface area contributed by atoms with E-state index in [2.05, 4.69) is 20.2 Å². The van der Waals surface area contributed by atoms with Crippen LogP contribution in [0.4, 0.5) is 0 Å². The van der Waals surface area contributed by atoms with Gasteiger partial charge in [-0.25, -0.2) is 19.4 Å². The number of benzene rings is 1. The lowest BCUT2D eigenvalue weighted by atomic mass is 9.73. The van der Waals surface area contributed by atoms with Gasteiger partial charge in [0, 0.05) is 54.7 Å². The van der Waals surface area contributed by atoms with Crippen molar-refractivity contribution in [2.75, 3.05) is 0 Å². The average Bonchev–Trinajstić information content (AvgIpc) is 3.25. The topological polar surface area (TPSA) is 136 Å². The van der Waals surface area contributed by atoms with Crippen LogP contribution >= 0.6 is 0 Å². The summed E-state index contributed by atoms with van der Waals surface area (Å²) in [6.07, 6.45) is 8.03. The van der Waals surface area contributed by atoms with Gasteiger partial charge in [-0.2, -0.15) is 10.2 Å². The number of hydrogen-bond donors (Lipinski definition) is 2. The molecule has 1 atom stereocenters. The Morgan fingerprint density at radius 1 is 1.09 bits per heavy atom. The Labute approximate surface area is 201 Å². The molecule has 1 unspecified atom stereocenters. The van der Waals surface area contributed by atoms with Crippen molar-refractivity contribution in [3.05, 3.63) is 88.4 Å². The summed E-state index contributed by atoms with van der Waals surface area (Å²) in [5.74, 6) is -0.998. The molecule has 0 saturated carbocycles. The first kappa shape index (κ1) is 24.0. The summed E-state index contributed by atoms with van der Waals surface area (Å²) in [5.41, 5.74) is -0.551. The summed E-state index contributed by atoms with van der Waals surface area (Å²) in [6, 6.07) is 8.85. The Morgan fingerprint density at radius 2 is 1.80 bits per heavy atom. The first-order valence-corrected chi connectivity index (χ1v) is 10.9. The molecule has 10 nitrogen and oxygen atoms in total. The quantitative estimate of drug-likeness (QED) is 0.435. The summed E-state index contributed by atoms with van der Waals surface area (Å²) in [4.78, 5) is 32.9. The molecule has 35 heavy (non-hydrogen) atoms. The zero-order chi connectivity index (χ0) is 25.4. The molecule has 3 aromatic heterocycles. The van der Waals surface area contributed by atoms with Gasteiger partial charge in [0.05, 0.1) is 12.4 Å². The number of carboxylic acid groups (broad SMARTS) is 1. The predicted octanol–water partition coefficient (Wildman–Crippen LogP) is 2.33. The van der Waals surface area contributed by atoms with Crippen molar-refractivity contribution in [1.82, 2.24) is 29.5 Å². The fraction of sp³-hybridized carbons (Fsp3) is 0.280. The molecule has 0 amide bonds. The highest BCUT2D eigenvalue weighted by Gasteiger charge is 2.49. The van der Waals surface area contributed by atoms with Crippen LogP contribution < -0.4 is 5.43 Å². The molecule has 0 bridgehead atoms. The van der Waals surface area contributed by atoms with Gasteiger partial charge >= 0.3 is 5.97 Å².